The third-order valence-corrected chi connectivity index (χ3v) is 3.53. The molecule has 0 unspecified atom stereocenters. The van der Waals surface area contributed by atoms with E-state index in [1.54, 1.807) is 24.3 Å². The molecule has 0 fully saturated rings. The standard InChI is InChI=1S/C15H19N3O3/c1-9(2)12(16)13(19)17-7-8-18-14(20)10-5-3-4-6-11(10)15(18)21/h3-6,9,12H,7-8,16H2,1-2H3,(H,17,19)/t12-/m0/s1. The number of hydrogen-bond donors (Lipinski definition) is 2. The topological polar surface area (TPSA) is 92.5 Å². The van der Waals surface area contributed by atoms with Crippen LogP contribution in [0, 0.1) is 5.92 Å². The Kier molecular flexibility index (Phi) is 4.37. The summed E-state index contributed by atoms with van der Waals surface area (Å²) in [6, 6.07) is 6.10. The van der Waals surface area contributed by atoms with Crippen molar-refractivity contribution in [2.24, 2.45) is 11.7 Å². The molecule has 1 aliphatic heterocycles. The highest BCUT2D eigenvalue weighted by molar-refractivity contribution is 6.21. The Morgan fingerprint density at radius 2 is 1.71 bits per heavy atom. The third-order valence-electron chi connectivity index (χ3n) is 3.53. The van der Waals surface area contributed by atoms with Gasteiger partial charge in [-0.15, -0.1) is 0 Å². The molecule has 1 atom stereocenters. The van der Waals surface area contributed by atoms with E-state index >= 15 is 0 Å². The molecule has 0 aromatic heterocycles. The molecular weight excluding hydrogens is 270 g/mol. The smallest absolute Gasteiger partial charge is 0.261 e. The van der Waals surface area contributed by atoms with Crippen molar-refractivity contribution in [2.75, 3.05) is 13.1 Å². The zero-order chi connectivity index (χ0) is 15.6. The predicted molar refractivity (Wildman–Crippen MR) is 77.6 cm³/mol. The zero-order valence-corrected chi connectivity index (χ0v) is 12.1. The Balaban J connectivity index is 1.93. The molecule has 3 N–H and O–H groups in total. The maximum Gasteiger partial charge on any atom is 0.261 e. The maximum atomic E-state index is 12.1. The van der Waals surface area contributed by atoms with Gasteiger partial charge in [-0.25, -0.2) is 0 Å². The van der Waals surface area contributed by atoms with Crippen LogP contribution >= 0.6 is 0 Å². The minimum absolute atomic E-state index is 0.0318. The molecule has 6 nitrogen and oxygen atoms in total. The highest BCUT2D eigenvalue weighted by Gasteiger charge is 2.34. The third kappa shape index (κ3) is 2.95. The minimum Gasteiger partial charge on any atom is -0.353 e. The summed E-state index contributed by atoms with van der Waals surface area (Å²) in [6.07, 6.45) is 0. The number of hydrogen-bond acceptors (Lipinski definition) is 4. The molecule has 1 heterocycles. The van der Waals surface area contributed by atoms with Crippen molar-refractivity contribution in [2.45, 2.75) is 19.9 Å². The van der Waals surface area contributed by atoms with Crippen LogP contribution in [0.25, 0.3) is 0 Å². The quantitative estimate of drug-likeness (QED) is 0.767. The van der Waals surface area contributed by atoms with E-state index in [2.05, 4.69) is 5.32 Å². The van der Waals surface area contributed by atoms with E-state index in [4.69, 9.17) is 5.73 Å². The van der Waals surface area contributed by atoms with E-state index in [0.717, 1.165) is 4.90 Å². The molecule has 2 rings (SSSR count). The Morgan fingerprint density at radius 1 is 1.19 bits per heavy atom. The lowest BCUT2D eigenvalue weighted by Gasteiger charge is -2.17. The molecule has 21 heavy (non-hydrogen) atoms. The van der Waals surface area contributed by atoms with Crippen molar-refractivity contribution in [1.82, 2.24) is 10.2 Å². The number of amides is 3. The molecule has 0 aliphatic carbocycles. The summed E-state index contributed by atoms with van der Waals surface area (Å²) in [6.45, 7) is 4.05. The summed E-state index contributed by atoms with van der Waals surface area (Å²) in [5, 5.41) is 2.65. The first-order valence-corrected chi connectivity index (χ1v) is 6.92. The van der Waals surface area contributed by atoms with E-state index in [1.165, 1.54) is 0 Å². The van der Waals surface area contributed by atoms with Gasteiger partial charge in [0, 0.05) is 13.1 Å². The number of nitrogens with one attached hydrogen (secondary N) is 1. The van der Waals surface area contributed by atoms with Gasteiger partial charge in [0.05, 0.1) is 17.2 Å². The van der Waals surface area contributed by atoms with Crippen LogP contribution < -0.4 is 11.1 Å². The molecule has 0 saturated carbocycles. The first-order valence-electron chi connectivity index (χ1n) is 6.92. The maximum absolute atomic E-state index is 12.1. The van der Waals surface area contributed by atoms with Gasteiger partial charge in [0.25, 0.3) is 11.8 Å². The average molecular weight is 289 g/mol. The van der Waals surface area contributed by atoms with Crippen LogP contribution in [0.2, 0.25) is 0 Å². The van der Waals surface area contributed by atoms with Crippen LogP contribution in [0.4, 0.5) is 0 Å². The minimum atomic E-state index is -0.591. The summed E-state index contributed by atoms with van der Waals surface area (Å²) >= 11 is 0. The lowest BCUT2D eigenvalue weighted by molar-refractivity contribution is -0.123. The lowest BCUT2D eigenvalue weighted by Crippen LogP contribution is -2.46. The normalized spacial score (nSPS) is 15.3. The Hall–Kier alpha value is -2.21. The van der Waals surface area contributed by atoms with Gasteiger partial charge in [-0.2, -0.15) is 0 Å². The van der Waals surface area contributed by atoms with Crippen molar-refractivity contribution in [3.8, 4) is 0 Å². The summed E-state index contributed by atoms with van der Waals surface area (Å²) < 4.78 is 0. The summed E-state index contributed by atoms with van der Waals surface area (Å²) in [7, 11) is 0. The Morgan fingerprint density at radius 3 is 2.19 bits per heavy atom. The monoisotopic (exact) mass is 289 g/mol. The number of fused-ring (bicyclic) bond motifs is 1. The molecule has 0 spiro atoms. The zero-order valence-electron chi connectivity index (χ0n) is 12.1. The fourth-order valence-electron chi connectivity index (χ4n) is 2.15. The summed E-state index contributed by atoms with van der Waals surface area (Å²) in [5.41, 5.74) is 6.54. The van der Waals surface area contributed by atoms with Gasteiger partial charge >= 0.3 is 0 Å². The predicted octanol–water partition coefficient (Wildman–Crippen LogP) is 0.382. The van der Waals surface area contributed by atoms with Crippen LogP contribution in [0.15, 0.2) is 24.3 Å². The number of rotatable bonds is 5. The second-order valence-corrected chi connectivity index (χ2v) is 5.37. The van der Waals surface area contributed by atoms with E-state index in [1.807, 2.05) is 13.8 Å². The second kappa shape index (κ2) is 6.05. The highest BCUT2D eigenvalue weighted by Crippen LogP contribution is 2.21. The highest BCUT2D eigenvalue weighted by atomic mass is 16.2. The van der Waals surface area contributed by atoms with Gasteiger partial charge in [-0.3, -0.25) is 19.3 Å². The van der Waals surface area contributed by atoms with E-state index in [-0.39, 0.29) is 36.7 Å². The van der Waals surface area contributed by atoms with Crippen molar-refractivity contribution < 1.29 is 14.4 Å². The van der Waals surface area contributed by atoms with Crippen molar-refractivity contribution >= 4 is 17.7 Å². The molecule has 0 bridgehead atoms. The van der Waals surface area contributed by atoms with Crippen LogP contribution in [-0.2, 0) is 4.79 Å². The summed E-state index contributed by atoms with van der Waals surface area (Å²) in [4.78, 5) is 37.0. The fourth-order valence-corrected chi connectivity index (χ4v) is 2.15. The Bertz CT molecular complexity index is 548. The number of carbonyl (C=O) groups is 3. The van der Waals surface area contributed by atoms with Crippen molar-refractivity contribution in [3.05, 3.63) is 35.4 Å². The molecule has 0 radical (unpaired) electrons. The number of carbonyl (C=O) groups excluding carboxylic acids is 3. The molecule has 6 heteroatoms. The molecule has 1 aromatic carbocycles. The van der Waals surface area contributed by atoms with Gasteiger partial charge in [0.15, 0.2) is 0 Å². The number of nitrogens with two attached hydrogens (primary N) is 1. The van der Waals surface area contributed by atoms with Crippen LogP contribution in [-0.4, -0.2) is 41.8 Å². The summed E-state index contributed by atoms with van der Waals surface area (Å²) in [5.74, 6) is -0.887. The largest absolute Gasteiger partial charge is 0.353 e. The SMILES string of the molecule is CC(C)[C@H](N)C(=O)NCCN1C(=O)c2ccccc2C1=O. The number of imide groups is 1. The van der Waals surface area contributed by atoms with Crippen LogP contribution in [0.5, 0.6) is 0 Å². The Labute approximate surface area is 123 Å². The average Bonchev–Trinajstić information content (AvgIpc) is 2.71. The molecular formula is C15H19N3O3. The van der Waals surface area contributed by atoms with Crippen LogP contribution in [0.3, 0.4) is 0 Å². The van der Waals surface area contributed by atoms with Crippen molar-refractivity contribution in [1.29, 1.82) is 0 Å². The molecule has 1 aliphatic rings. The van der Waals surface area contributed by atoms with E-state index < -0.39 is 6.04 Å². The number of nitrogens with zero attached hydrogens (tertiary/aromatic N) is 1. The van der Waals surface area contributed by atoms with Gasteiger partial charge < -0.3 is 11.1 Å². The lowest BCUT2D eigenvalue weighted by atomic mass is 10.1. The fraction of sp³-hybridized carbons (Fsp3) is 0.400. The first kappa shape index (κ1) is 15.2. The number of benzene rings is 1. The first-order chi connectivity index (χ1) is 9.93. The molecule has 0 saturated heterocycles. The molecule has 1 aromatic rings. The molecule has 112 valence electrons. The second-order valence-electron chi connectivity index (χ2n) is 5.37. The van der Waals surface area contributed by atoms with Gasteiger partial charge in [-0.1, -0.05) is 26.0 Å². The van der Waals surface area contributed by atoms with Gasteiger partial charge in [0.1, 0.15) is 0 Å². The van der Waals surface area contributed by atoms with E-state index in [9.17, 15) is 14.4 Å². The van der Waals surface area contributed by atoms with Crippen molar-refractivity contribution in [3.63, 3.8) is 0 Å². The molecule has 3 amide bonds. The van der Waals surface area contributed by atoms with Gasteiger partial charge in [0.2, 0.25) is 5.91 Å². The van der Waals surface area contributed by atoms with E-state index in [0.29, 0.717) is 11.1 Å². The van der Waals surface area contributed by atoms with Crippen LogP contribution in [0.1, 0.15) is 34.6 Å². The van der Waals surface area contributed by atoms with Gasteiger partial charge in [-0.05, 0) is 18.1 Å².